The zero-order valence-corrected chi connectivity index (χ0v) is 24.1. The zero-order chi connectivity index (χ0) is 29.5. The van der Waals surface area contributed by atoms with E-state index in [-0.39, 0.29) is 0 Å². The van der Waals surface area contributed by atoms with Crippen LogP contribution in [-0.4, -0.2) is 19.1 Å². The van der Waals surface area contributed by atoms with Gasteiger partial charge in [-0.2, -0.15) is 0 Å². The van der Waals surface area contributed by atoms with Crippen molar-refractivity contribution in [3.8, 4) is 22.9 Å². The van der Waals surface area contributed by atoms with Crippen LogP contribution in [0.15, 0.2) is 150 Å². The zero-order valence-electron chi connectivity index (χ0n) is 24.1. The highest BCUT2D eigenvalue weighted by molar-refractivity contribution is 6.18. The Morgan fingerprint density at radius 3 is 2.00 bits per heavy atom. The predicted octanol–water partition coefficient (Wildman–Crippen LogP) is 10.2. The highest BCUT2D eigenvalue weighted by atomic mass is 16.3. The Labute approximate surface area is 257 Å². The van der Waals surface area contributed by atoms with Gasteiger partial charge in [-0.1, -0.05) is 78.9 Å². The minimum Gasteiger partial charge on any atom is -0.464 e. The van der Waals surface area contributed by atoms with Gasteiger partial charge in [0.15, 0.2) is 0 Å². The van der Waals surface area contributed by atoms with Gasteiger partial charge in [0, 0.05) is 43.6 Å². The fourth-order valence-electron chi connectivity index (χ4n) is 7.07. The molecule has 0 saturated heterocycles. The van der Waals surface area contributed by atoms with Crippen LogP contribution < -0.4 is 0 Å². The number of fused-ring (bicyclic) bond motifs is 9. The maximum atomic E-state index is 5.83. The quantitative estimate of drug-likeness (QED) is 0.210. The first kappa shape index (κ1) is 24.3. The Bertz CT molecular complexity index is 2770. The molecule has 0 bridgehead atoms. The lowest BCUT2D eigenvalue weighted by Crippen LogP contribution is -2.03. The fraction of sp³-hybridized carbons (Fsp3) is 0. The maximum Gasteiger partial charge on any atom is 0.235 e. The standard InChI is InChI=1S/C40H24N4O/c1-2-10-26(11-3-1)43-34-16-8-6-13-28(34)32-24-25(18-20-36(32)43)38-30-14-4-7-15-33(30)41-40(42-38)44-35-17-9-5-12-27(35)29-19-21-37-31(39(29)44)22-23-45-37/h1-24H. The molecule has 0 saturated carbocycles. The van der Waals surface area contributed by atoms with E-state index in [9.17, 15) is 0 Å². The average molecular weight is 577 g/mol. The van der Waals surface area contributed by atoms with Gasteiger partial charge in [0.05, 0.1) is 39.5 Å². The SMILES string of the molecule is c1ccc(-n2c3ccccc3c3cc(-c4nc(-n5c6ccccc6c6ccc7occc7c65)nc5ccccc45)ccc32)cc1. The molecule has 210 valence electrons. The van der Waals surface area contributed by atoms with Gasteiger partial charge >= 0.3 is 0 Å². The molecule has 0 fully saturated rings. The van der Waals surface area contributed by atoms with Gasteiger partial charge in [0.25, 0.3) is 0 Å². The van der Waals surface area contributed by atoms with E-state index in [1.165, 1.54) is 16.3 Å². The molecule has 10 rings (SSSR count). The Morgan fingerprint density at radius 2 is 1.16 bits per heavy atom. The largest absolute Gasteiger partial charge is 0.464 e. The van der Waals surface area contributed by atoms with E-state index in [2.05, 4.69) is 130 Å². The molecule has 10 aromatic rings. The number of benzene rings is 6. The Morgan fingerprint density at radius 1 is 0.467 bits per heavy atom. The Balaban J connectivity index is 1.29. The molecule has 0 radical (unpaired) electrons. The van der Waals surface area contributed by atoms with Crippen molar-refractivity contribution in [2.45, 2.75) is 0 Å². The summed E-state index contributed by atoms with van der Waals surface area (Å²) in [7, 11) is 0. The lowest BCUT2D eigenvalue weighted by Gasteiger charge is -2.12. The number of hydrogen-bond acceptors (Lipinski definition) is 3. The lowest BCUT2D eigenvalue weighted by molar-refractivity contribution is 0.616. The first-order valence-electron chi connectivity index (χ1n) is 15.1. The third kappa shape index (κ3) is 3.43. The van der Waals surface area contributed by atoms with Crippen LogP contribution >= 0.6 is 0 Å². The van der Waals surface area contributed by atoms with Crippen LogP contribution in [-0.2, 0) is 0 Å². The summed E-state index contributed by atoms with van der Waals surface area (Å²) in [6, 6.07) is 48.8. The molecule has 0 atom stereocenters. The molecule has 0 N–H and O–H groups in total. The van der Waals surface area contributed by atoms with E-state index in [0.717, 1.165) is 66.1 Å². The second kappa shape index (κ2) is 9.15. The van der Waals surface area contributed by atoms with Crippen LogP contribution in [0.4, 0.5) is 0 Å². The topological polar surface area (TPSA) is 48.8 Å². The van der Waals surface area contributed by atoms with E-state index < -0.39 is 0 Å². The molecule has 4 heterocycles. The molecule has 45 heavy (non-hydrogen) atoms. The van der Waals surface area contributed by atoms with Crippen molar-refractivity contribution in [2.75, 3.05) is 0 Å². The summed E-state index contributed by atoms with van der Waals surface area (Å²) >= 11 is 0. The average Bonchev–Trinajstić information content (AvgIpc) is 3.80. The summed E-state index contributed by atoms with van der Waals surface area (Å²) in [6.45, 7) is 0. The molecule has 0 amide bonds. The van der Waals surface area contributed by atoms with Gasteiger partial charge in [-0.3, -0.25) is 4.57 Å². The van der Waals surface area contributed by atoms with E-state index in [4.69, 9.17) is 14.4 Å². The van der Waals surface area contributed by atoms with E-state index in [1.54, 1.807) is 6.26 Å². The van der Waals surface area contributed by atoms with Crippen molar-refractivity contribution >= 4 is 65.5 Å². The van der Waals surface area contributed by atoms with Crippen molar-refractivity contribution in [3.63, 3.8) is 0 Å². The van der Waals surface area contributed by atoms with Crippen molar-refractivity contribution in [1.82, 2.24) is 19.1 Å². The summed E-state index contributed by atoms with van der Waals surface area (Å²) in [5.74, 6) is 0.635. The molecular formula is C40H24N4O. The summed E-state index contributed by atoms with van der Waals surface area (Å²) in [5, 5.41) is 6.76. The normalized spacial score (nSPS) is 12.0. The predicted molar refractivity (Wildman–Crippen MR) is 183 cm³/mol. The number of rotatable bonds is 3. The highest BCUT2D eigenvalue weighted by Crippen LogP contribution is 2.39. The molecule has 0 unspecified atom stereocenters. The van der Waals surface area contributed by atoms with E-state index >= 15 is 0 Å². The molecule has 5 heteroatoms. The number of hydrogen-bond donors (Lipinski definition) is 0. The molecule has 6 aromatic carbocycles. The van der Waals surface area contributed by atoms with Crippen molar-refractivity contribution in [2.24, 2.45) is 0 Å². The molecule has 0 aliphatic carbocycles. The van der Waals surface area contributed by atoms with Crippen LogP contribution in [0.1, 0.15) is 0 Å². The van der Waals surface area contributed by atoms with Gasteiger partial charge in [0.2, 0.25) is 5.95 Å². The molecule has 0 spiro atoms. The van der Waals surface area contributed by atoms with Crippen molar-refractivity contribution < 1.29 is 4.42 Å². The van der Waals surface area contributed by atoms with Crippen molar-refractivity contribution in [3.05, 3.63) is 146 Å². The van der Waals surface area contributed by atoms with Gasteiger partial charge in [-0.15, -0.1) is 0 Å². The second-order valence-corrected chi connectivity index (χ2v) is 11.5. The van der Waals surface area contributed by atoms with Crippen LogP contribution in [0.5, 0.6) is 0 Å². The first-order chi connectivity index (χ1) is 22.3. The number of furan rings is 1. The van der Waals surface area contributed by atoms with E-state index in [1.807, 2.05) is 18.2 Å². The third-order valence-corrected chi connectivity index (χ3v) is 9.02. The molecular weight excluding hydrogens is 552 g/mol. The Kier molecular flexibility index (Phi) is 4.93. The molecule has 0 aliphatic rings. The summed E-state index contributed by atoms with van der Waals surface area (Å²) in [6.07, 6.45) is 1.75. The third-order valence-electron chi connectivity index (χ3n) is 9.02. The fourth-order valence-corrected chi connectivity index (χ4v) is 7.07. The van der Waals surface area contributed by atoms with Crippen LogP contribution in [0, 0.1) is 0 Å². The second-order valence-electron chi connectivity index (χ2n) is 11.5. The van der Waals surface area contributed by atoms with Gasteiger partial charge in [-0.25, -0.2) is 9.97 Å². The lowest BCUT2D eigenvalue weighted by atomic mass is 10.0. The monoisotopic (exact) mass is 576 g/mol. The number of aromatic nitrogens is 4. The van der Waals surface area contributed by atoms with Gasteiger partial charge < -0.3 is 8.98 Å². The van der Waals surface area contributed by atoms with Crippen molar-refractivity contribution in [1.29, 1.82) is 0 Å². The minimum atomic E-state index is 0.635. The number of nitrogens with zero attached hydrogens (tertiary/aromatic N) is 4. The van der Waals surface area contributed by atoms with Gasteiger partial charge in [0.1, 0.15) is 5.58 Å². The number of para-hydroxylation sites is 4. The first-order valence-corrected chi connectivity index (χ1v) is 15.1. The van der Waals surface area contributed by atoms with Crippen LogP contribution in [0.25, 0.3) is 88.4 Å². The summed E-state index contributed by atoms with van der Waals surface area (Å²) in [5.41, 5.74) is 9.28. The van der Waals surface area contributed by atoms with Crippen LogP contribution in [0.3, 0.4) is 0 Å². The Hall–Kier alpha value is -6.20. The highest BCUT2D eigenvalue weighted by Gasteiger charge is 2.20. The summed E-state index contributed by atoms with van der Waals surface area (Å²) in [4.78, 5) is 10.5. The van der Waals surface area contributed by atoms with Gasteiger partial charge in [-0.05, 0) is 60.7 Å². The minimum absolute atomic E-state index is 0.635. The van der Waals surface area contributed by atoms with Crippen LogP contribution in [0.2, 0.25) is 0 Å². The smallest absolute Gasteiger partial charge is 0.235 e. The molecule has 5 nitrogen and oxygen atoms in total. The maximum absolute atomic E-state index is 5.83. The molecule has 4 aromatic heterocycles. The molecule has 0 aliphatic heterocycles. The summed E-state index contributed by atoms with van der Waals surface area (Å²) < 4.78 is 10.4. The van der Waals surface area contributed by atoms with E-state index in [0.29, 0.717) is 5.95 Å².